The van der Waals surface area contributed by atoms with Gasteiger partial charge in [-0.15, -0.1) is 0 Å². The minimum absolute atomic E-state index is 0.106. The maximum Gasteiger partial charge on any atom is 0.134 e. The van der Waals surface area contributed by atoms with E-state index in [0.717, 1.165) is 39.9 Å². The Morgan fingerprint density at radius 1 is 0.656 bits per heavy atom. The molecule has 2 heteroatoms. The predicted molar refractivity (Wildman–Crippen MR) is 136 cm³/mol. The first kappa shape index (κ1) is 22.6. The number of unbranched alkanes of at least 4 members (excludes halogenated alkanes) is 3. The number of hydrogen-bond acceptors (Lipinski definition) is 0. The zero-order valence-corrected chi connectivity index (χ0v) is 19.5. The fourth-order valence-electron chi connectivity index (χ4n) is 4.26. The van der Waals surface area contributed by atoms with Crippen LogP contribution in [0.5, 0.6) is 0 Å². The number of benzene rings is 4. The van der Waals surface area contributed by atoms with E-state index in [1.165, 1.54) is 36.8 Å². The fourth-order valence-corrected chi connectivity index (χ4v) is 4.39. The molecule has 0 aromatic heterocycles. The third kappa shape index (κ3) is 5.58. The summed E-state index contributed by atoms with van der Waals surface area (Å²) < 4.78 is 15.2. The van der Waals surface area contributed by atoms with E-state index in [0.29, 0.717) is 11.8 Å². The van der Waals surface area contributed by atoms with Crippen molar-refractivity contribution >= 4 is 22.4 Å². The maximum atomic E-state index is 15.2. The van der Waals surface area contributed by atoms with Gasteiger partial charge in [0.2, 0.25) is 0 Å². The second-order valence-corrected chi connectivity index (χ2v) is 9.05. The average molecular weight is 445 g/mol. The van der Waals surface area contributed by atoms with Crippen molar-refractivity contribution in [3.63, 3.8) is 0 Å². The number of aryl methyl sites for hydroxylation is 3. The lowest BCUT2D eigenvalue weighted by Gasteiger charge is -2.10. The molecule has 0 aliphatic carbocycles. The highest BCUT2D eigenvalue weighted by Gasteiger charge is 2.09. The summed E-state index contributed by atoms with van der Waals surface area (Å²) >= 11 is 5.95. The van der Waals surface area contributed by atoms with E-state index in [2.05, 4.69) is 37.3 Å². The monoisotopic (exact) mass is 444 g/mol. The lowest BCUT2D eigenvalue weighted by Crippen LogP contribution is -1.96. The SMILES string of the molecule is CCCCCCc1ccc(-c2ccc3c(F)c(CCc4ccc(Cl)cc4)ccc3c2)cc1. The van der Waals surface area contributed by atoms with Gasteiger partial charge in [0, 0.05) is 10.4 Å². The molecule has 0 saturated carbocycles. The second kappa shape index (κ2) is 10.8. The molecular weight excluding hydrogens is 415 g/mol. The van der Waals surface area contributed by atoms with Crippen LogP contribution in [0.2, 0.25) is 5.02 Å². The molecule has 0 unspecified atom stereocenters. The van der Waals surface area contributed by atoms with Gasteiger partial charge in [-0.3, -0.25) is 0 Å². The molecule has 4 rings (SSSR count). The summed E-state index contributed by atoms with van der Waals surface area (Å²) in [6.45, 7) is 2.24. The zero-order chi connectivity index (χ0) is 22.3. The summed E-state index contributed by atoms with van der Waals surface area (Å²) in [7, 11) is 0. The van der Waals surface area contributed by atoms with Crippen molar-refractivity contribution in [3.8, 4) is 11.1 Å². The Morgan fingerprint density at radius 3 is 2.09 bits per heavy atom. The van der Waals surface area contributed by atoms with Gasteiger partial charge in [0.05, 0.1) is 0 Å². The minimum Gasteiger partial charge on any atom is -0.206 e. The van der Waals surface area contributed by atoms with Gasteiger partial charge >= 0.3 is 0 Å². The number of rotatable bonds is 9. The van der Waals surface area contributed by atoms with Gasteiger partial charge in [0.15, 0.2) is 0 Å². The Bertz CT molecular complexity index is 1160. The molecule has 0 fully saturated rings. The van der Waals surface area contributed by atoms with E-state index in [4.69, 9.17) is 11.6 Å². The van der Waals surface area contributed by atoms with Gasteiger partial charge < -0.3 is 0 Å². The standard InChI is InChI=1S/C30H30ClF/c1-2-3-4-5-6-22-7-12-24(13-8-22)26-17-20-29-27(21-26)16-15-25(30(29)32)14-9-23-10-18-28(31)19-11-23/h7-8,10-13,15-21H,2-6,9,14H2,1H3. The lowest BCUT2D eigenvalue weighted by molar-refractivity contribution is 0.620. The molecule has 0 spiro atoms. The summed E-state index contributed by atoms with van der Waals surface area (Å²) in [5, 5.41) is 2.36. The lowest BCUT2D eigenvalue weighted by atomic mass is 9.96. The van der Waals surface area contributed by atoms with Gasteiger partial charge in [0.25, 0.3) is 0 Å². The van der Waals surface area contributed by atoms with Crippen molar-refractivity contribution in [2.75, 3.05) is 0 Å². The molecule has 4 aromatic rings. The molecule has 0 bridgehead atoms. The van der Waals surface area contributed by atoms with Crippen molar-refractivity contribution in [1.82, 2.24) is 0 Å². The van der Waals surface area contributed by atoms with Crippen molar-refractivity contribution in [1.29, 1.82) is 0 Å². The molecule has 164 valence electrons. The molecular formula is C30H30ClF. The third-order valence-electron chi connectivity index (χ3n) is 6.24. The molecule has 0 N–H and O–H groups in total. The number of hydrogen-bond donors (Lipinski definition) is 0. The molecule has 0 atom stereocenters. The fraction of sp³-hybridized carbons (Fsp3) is 0.267. The Morgan fingerprint density at radius 2 is 1.34 bits per heavy atom. The first-order chi connectivity index (χ1) is 15.6. The topological polar surface area (TPSA) is 0 Å². The second-order valence-electron chi connectivity index (χ2n) is 8.61. The number of fused-ring (bicyclic) bond motifs is 1. The first-order valence-electron chi connectivity index (χ1n) is 11.7. The van der Waals surface area contributed by atoms with Crippen LogP contribution >= 0.6 is 11.6 Å². The highest BCUT2D eigenvalue weighted by atomic mass is 35.5. The van der Waals surface area contributed by atoms with Crippen LogP contribution in [0, 0.1) is 5.82 Å². The normalized spacial score (nSPS) is 11.2. The van der Waals surface area contributed by atoms with Crippen LogP contribution < -0.4 is 0 Å². The average Bonchev–Trinajstić information content (AvgIpc) is 2.83. The van der Waals surface area contributed by atoms with Gasteiger partial charge in [-0.1, -0.05) is 98.5 Å². The van der Waals surface area contributed by atoms with Crippen LogP contribution in [0.15, 0.2) is 78.9 Å². The number of halogens is 2. The quantitative estimate of drug-likeness (QED) is 0.226. The van der Waals surface area contributed by atoms with Crippen molar-refractivity contribution < 1.29 is 4.39 Å². The van der Waals surface area contributed by atoms with E-state index in [1.54, 1.807) is 0 Å². The molecule has 4 aromatic carbocycles. The Kier molecular flexibility index (Phi) is 7.60. The highest BCUT2D eigenvalue weighted by molar-refractivity contribution is 6.30. The summed E-state index contributed by atoms with van der Waals surface area (Å²) in [6.07, 6.45) is 7.74. The Labute approximate surface area is 196 Å². The van der Waals surface area contributed by atoms with E-state index in [9.17, 15) is 0 Å². The van der Waals surface area contributed by atoms with Crippen LogP contribution in [0.1, 0.15) is 49.3 Å². The van der Waals surface area contributed by atoms with Crippen molar-refractivity contribution in [3.05, 3.63) is 106 Å². The summed E-state index contributed by atoms with van der Waals surface area (Å²) in [5.74, 6) is -0.106. The Balaban J connectivity index is 1.47. The van der Waals surface area contributed by atoms with Gasteiger partial charge in [-0.2, -0.15) is 0 Å². The molecule has 0 nitrogen and oxygen atoms in total. The van der Waals surface area contributed by atoms with E-state index >= 15 is 4.39 Å². The van der Waals surface area contributed by atoms with Crippen LogP contribution in [0.3, 0.4) is 0 Å². The molecule has 0 aliphatic heterocycles. The van der Waals surface area contributed by atoms with Crippen LogP contribution in [0.25, 0.3) is 21.9 Å². The summed E-state index contributed by atoms with van der Waals surface area (Å²) in [4.78, 5) is 0. The van der Waals surface area contributed by atoms with Crippen molar-refractivity contribution in [2.45, 2.75) is 51.9 Å². The van der Waals surface area contributed by atoms with Crippen LogP contribution in [-0.4, -0.2) is 0 Å². The van der Waals surface area contributed by atoms with Gasteiger partial charge in [-0.05, 0) is 77.1 Å². The summed E-state index contributed by atoms with van der Waals surface area (Å²) in [6, 6.07) is 26.6. The maximum absolute atomic E-state index is 15.2. The minimum atomic E-state index is -0.106. The van der Waals surface area contributed by atoms with Crippen LogP contribution in [0.4, 0.5) is 4.39 Å². The van der Waals surface area contributed by atoms with Gasteiger partial charge in [-0.25, -0.2) is 4.39 Å². The predicted octanol–water partition coefficient (Wildman–Crippen LogP) is 9.21. The smallest absolute Gasteiger partial charge is 0.134 e. The first-order valence-corrected chi connectivity index (χ1v) is 12.1. The van der Waals surface area contributed by atoms with E-state index in [-0.39, 0.29) is 5.82 Å². The van der Waals surface area contributed by atoms with Crippen molar-refractivity contribution in [2.24, 2.45) is 0 Å². The molecule has 32 heavy (non-hydrogen) atoms. The highest BCUT2D eigenvalue weighted by Crippen LogP contribution is 2.28. The molecule has 0 amide bonds. The molecule has 0 heterocycles. The Hall–Kier alpha value is -2.64. The largest absolute Gasteiger partial charge is 0.206 e. The van der Waals surface area contributed by atoms with E-state index in [1.807, 2.05) is 48.5 Å². The zero-order valence-electron chi connectivity index (χ0n) is 18.7. The molecule has 0 radical (unpaired) electrons. The van der Waals surface area contributed by atoms with Gasteiger partial charge in [0.1, 0.15) is 5.82 Å². The van der Waals surface area contributed by atoms with Crippen LogP contribution in [-0.2, 0) is 19.3 Å². The summed E-state index contributed by atoms with van der Waals surface area (Å²) in [5.41, 5.74) is 5.62. The third-order valence-corrected chi connectivity index (χ3v) is 6.49. The molecule has 0 saturated heterocycles. The van der Waals surface area contributed by atoms with E-state index < -0.39 is 0 Å². The molecule has 0 aliphatic rings.